The van der Waals surface area contributed by atoms with E-state index in [1.54, 1.807) is 0 Å². The van der Waals surface area contributed by atoms with Crippen LogP contribution in [0.25, 0.3) is 0 Å². The van der Waals surface area contributed by atoms with E-state index in [9.17, 15) is 0 Å². The Bertz CT molecular complexity index is 181. The van der Waals surface area contributed by atoms with E-state index in [-0.39, 0.29) is 0 Å². The monoisotopic (exact) mass is 167 g/mol. The third-order valence-electron chi connectivity index (χ3n) is 1.83. The van der Waals surface area contributed by atoms with Gasteiger partial charge < -0.3 is 0 Å². The Hall–Kier alpha value is -0.910. The quantitative estimate of drug-likeness (QED) is 0.458. The number of hydrogen-bond acceptors (Lipinski definition) is 3. The van der Waals surface area contributed by atoms with Crippen molar-refractivity contribution >= 4 is 0 Å². The number of rotatable bonds is 5. The molecule has 1 unspecified atom stereocenters. The molecule has 0 aliphatic carbocycles. The lowest BCUT2D eigenvalue weighted by Crippen LogP contribution is -2.16. The summed E-state index contributed by atoms with van der Waals surface area (Å²) >= 11 is 0. The molecule has 0 heterocycles. The van der Waals surface area contributed by atoms with Crippen molar-refractivity contribution in [1.82, 2.24) is 0 Å². The summed E-state index contributed by atoms with van der Waals surface area (Å²) in [4.78, 5) is 0. The number of nitriles is 1. The summed E-state index contributed by atoms with van der Waals surface area (Å²) in [6, 6.07) is 2.14. The number of nitrogens with zero attached hydrogens (tertiary/aromatic N) is 3. The first kappa shape index (κ1) is 11.1. The lowest BCUT2D eigenvalue weighted by atomic mass is 10.0. The smallest absolute Gasteiger partial charge is 0.164 e. The van der Waals surface area contributed by atoms with Crippen molar-refractivity contribution in [2.75, 3.05) is 6.54 Å². The molecule has 12 heavy (non-hydrogen) atoms. The summed E-state index contributed by atoms with van der Waals surface area (Å²) in [5.74, 6) is 0. The second kappa shape index (κ2) is 5.70. The van der Waals surface area contributed by atoms with E-state index in [4.69, 9.17) is 5.26 Å². The Morgan fingerprint density at radius 3 is 2.50 bits per heavy atom. The maximum atomic E-state index is 8.74. The molecule has 0 aliphatic heterocycles. The van der Waals surface area contributed by atoms with Gasteiger partial charge in [-0.2, -0.15) is 15.5 Å². The van der Waals surface area contributed by atoms with Crippen molar-refractivity contribution in [2.45, 2.75) is 45.6 Å². The molecule has 0 saturated heterocycles. The van der Waals surface area contributed by atoms with Gasteiger partial charge >= 0.3 is 0 Å². The fraction of sp³-hybridized carbons (Fsp3) is 0.889. The number of unbranched alkanes of at least 4 members (excludes halogenated alkanes) is 1. The van der Waals surface area contributed by atoms with Crippen LogP contribution < -0.4 is 0 Å². The maximum absolute atomic E-state index is 8.74. The van der Waals surface area contributed by atoms with Crippen LogP contribution in [0, 0.1) is 11.3 Å². The molecule has 0 aromatic heterocycles. The van der Waals surface area contributed by atoms with Crippen LogP contribution in [0.4, 0.5) is 0 Å². The fourth-order valence-electron chi connectivity index (χ4n) is 0.607. The molecule has 0 amide bonds. The molecular weight excluding hydrogens is 150 g/mol. The van der Waals surface area contributed by atoms with Crippen molar-refractivity contribution in [1.29, 1.82) is 5.26 Å². The second-order valence-corrected chi connectivity index (χ2v) is 3.06. The van der Waals surface area contributed by atoms with Crippen LogP contribution in [0.2, 0.25) is 0 Å². The SMILES string of the molecule is CCCC/N=N/C(C)(C#N)CC. The normalized spacial score (nSPS) is 15.8. The molecular formula is C9H17N3. The molecule has 3 heteroatoms. The summed E-state index contributed by atoms with van der Waals surface area (Å²) < 4.78 is 0. The van der Waals surface area contributed by atoms with Crippen LogP contribution in [0.15, 0.2) is 10.2 Å². The largest absolute Gasteiger partial charge is 0.196 e. The van der Waals surface area contributed by atoms with Crippen LogP contribution in [0.3, 0.4) is 0 Å². The Kier molecular flexibility index (Phi) is 5.27. The van der Waals surface area contributed by atoms with E-state index in [0.29, 0.717) is 0 Å². The summed E-state index contributed by atoms with van der Waals surface area (Å²) in [6.45, 7) is 6.61. The lowest BCUT2D eigenvalue weighted by molar-refractivity contribution is 0.536. The van der Waals surface area contributed by atoms with Gasteiger partial charge in [0.05, 0.1) is 12.6 Å². The highest BCUT2D eigenvalue weighted by atomic mass is 15.1. The summed E-state index contributed by atoms with van der Waals surface area (Å²) in [6.07, 6.45) is 2.89. The van der Waals surface area contributed by atoms with Gasteiger partial charge in [0.2, 0.25) is 0 Å². The highest BCUT2D eigenvalue weighted by molar-refractivity contribution is 5.01. The first-order valence-electron chi connectivity index (χ1n) is 4.48. The minimum atomic E-state index is -0.603. The minimum Gasteiger partial charge on any atom is -0.196 e. The highest BCUT2D eigenvalue weighted by Crippen LogP contribution is 2.13. The van der Waals surface area contributed by atoms with Crippen LogP contribution in [0.5, 0.6) is 0 Å². The number of hydrogen-bond donors (Lipinski definition) is 0. The molecule has 1 atom stereocenters. The predicted molar refractivity (Wildman–Crippen MR) is 48.9 cm³/mol. The van der Waals surface area contributed by atoms with Crippen LogP contribution in [-0.4, -0.2) is 12.1 Å². The second-order valence-electron chi connectivity index (χ2n) is 3.06. The Labute approximate surface area is 74.5 Å². The van der Waals surface area contributed by atoms with E-state index in [1.165, 1.54) is 0 Å². The molecule has 0 rings (SSSR count). The zero-order valence-electron chi connectivity index (χ0n) is 8.17. The van der Waals surface area contributed by atoms with Gasteiger partial charge in [-0.15, -0.1) is 0 Å². The van der Waals surface area contributed by atoms with Gasteiger partial charge in [0.15, 0.2) is 5.54 Å². The van der Waals surface area contributed by atoms with Gasteiger partial charge in [-0.05, 0) is 19.8 Å². The molecule has 0 fully saturated rings. The van der Waals surface area contributed by atoms with Crippen LogP contribution >= 0.6 is 0 Å². The van der Waals surface area contributed by atoms with Gasteiger partial charge in [0.1, 0.15) is 0 Å². The van der Waals surface area contributed by atoms with E-state index in [2.05, 4.69) is 23.2 Å². The zero-order valence-corrected chi connectivity index (χ0v) is 8.17. The molecule has 0 aliphatic rings. The van der Waals surface area contributed by atoms with Crippen molar-refractivity contribution in [2.24, 2.45) is 10.2 Å². The zero-order chi connectivity index (χ0) is 9.45. The topological polar surface area (TPSA) is 48.5 Å². The van der Waals surface area contributed by atoms with Crippen molar-refractivity contribution in [3.8, 4) is 6.07 Å². The fourth-order valence-corrected chi connectivity index (χ4v) is 0.607. The molecule has 0 N–H and O–H groups in total. The van der Waals surface area contributed by atoms with Crippen molar-refractivity contribution < 1.29 is 0 Å². The van der Waals surface area contributed by atoms with Gasteiger partial charge in [0, 0.05) is 0 Å². The Morgan fingerprint density at radius 2 is 2.08 bits per heavy atom. The standard InChI is InChI=1S/C9H17N3/c1-4-6-7-11-12-9(3,5-2)8-10/h4-7H2,1-3H3/b12-11+. The molecule has 0 aromatic carbocycles. The van der Waals surface area contributed by atoms with Crippen LogP contribution in [-0.2, 0) is 0 Å². The maximum Gasteiger partial charge on any atom is 0.164 e. The first-order valence-corrected chi connectivity index (χ1v) is 4.48. The van der Waals surface area contributed by atoms with Crippen molar-refractivity contribution in [3.05, 3.63) is 0 Å². The van der Waals surface area contributed by atoms with Gasteiger partial charge in [-0.25, -0.2) is 0 Å². The van der Waals surface area contributed by atoms with E-state index >= 15 is 0 Å². The predicted octanol–water partition coefficient (Wildman–Crippen LogP) is 2.93. The number of azo groups is 1. The first-order chi connectivity index (χ1) is 5.68. The summed E-state index contributed by atoms with van der Waals surface area (Å²) in [7, 11) is 0. The third kappa shape index (κ3) is 4.07. The molecule has 3 nitrogen and oxygen atoms in total. The molecule has 0 bridgehead atoms. The van der Waals surface area contributed by atoms with Crippen molar-refractivity contribution in [3.63, 3.8) is 0 Å². The van der Waals surface area contributed by atoms with Crippen LogP contribution in [0.1, 0.15) is 40.0 Å². The average molecular weight is 167 g/mol. The lowest BCUT2D eigenvalue weighted by Gasteiger charge is -2.10. The molecule has 0 aromatic rings. The Morgan fingerprint density at radius 1 is 1.42 bits per heavy atom. The summed E-state index contributed by atoms with van der Waals surface area (Å²) in [5.41, 5.74) is -0.603. The van der Waals surface area contributed by atoms with E-state index < -0.39 is 5.54 Å². The van der Waals surface area contributed by atoms with E-state index in [1.807, 2.05) is 13.8 Å². The Balaban J connectivity index is 3.87. The van der Waals surface area contributed by atoms with Gasteiger partial charge in [-0.3, -0.25) is 0 Å². The average Bonchev–Trinajstić information content (AvgIpc) is 2.12. The van der Waals surface area contributed by atoms with Gasteiger partial charge in [-0.1, -0.05) is 20.3 Å². The minimum absolute atomic E-state index is 0.603. The molecule has 0 radical (unpaired) electrons. The third-order valence-corrected chi connectivity index (χ3v) is 1.83. The molecule has 0 spiro atoms. The highest BCUT2D eigenvalue weighted by Gasteiger charge is 2.19. The molecule has 68 valence electrons. The van der Waals surface area contributed by atoms with Gasteiger partial charge in [0.25, 0.3) is 0 Å². The summed E-state index contributed by atoms with van der Waals surface area (Å²) in [5, 5.41) is 16.7. The molecule has 0 saturated carbocycles. The van der Waals surface area contributed by atoms with E-state index in [0.717, 1.165) is 25.8 Å².